The summed E-state index contributed by atoms with van der Waals surface area (Å²) in [6, 6.07) is 36.9. The molecule has 1 aliphatic rings. The lowest BCUT2D eigenvalue weighted by Gasteiger charge is -2.32. The highest BCUT2D eigenvalue weighted by Crippen LogP contribution is 2.30. The molecule has 0 bridgehead atoms. The predicted molar refractivity (Wildman–Crippen MR) is 155 cm³/mol. The zero-order valence-corrected chi connectivity index (χ0v) is 21.9. The number of carbonyl (C=O) groups is 1. The van der Waals surface area contributed by atoms with E-state index in [0.717, 1.165) is 68.1 Å². The molecule has 0 spiro atoms. The quantitative estimate of drug-likeness (QED) is 0.241. The Labute approximate surface area is 226 Å². The van der Waals surface area contributed by atoms with Gasteiger partial charge in [0.2, 0.25) is 5.91 Å². The van der Waals surface area contributed by atoms with Crippen LogP contribution in [0.15, 0.2) is 109 Å². The number of carbonyl (C=O) groups excluding carboxylic acids is 1. The number of benzene rings is 4. The van der Waals surface area contributed by atoms with Crippen molar-refractivity contribution in [2.75, 3.05) is 25.0 Å². The third kappa shape index (κ3) is 7.33. The minimum Gasteiger partial charge on any atom is -0.457 e. The molecule has 1 saturated heterocycles. The van der Waals surface area contributed by atoms with Crippen LogP contribution in [-0.4, -0.2) is 30.4 Å². The normalized spacial score (nSPS) is 14.2. The van der Waals surface area contributed by atoms with Crippen LogP contribution in [-0.2, 0) is 11.2 Å². The molecule has 4 nitrogen and oxygen atoms in total. The molecular formula is C34H36N2O2. The summed E-state index contributed by atoms with van der Waals surface area (Å²) in [5.41, 5.74) is 4.70. The van der Waals surface area contributed by atoms with Crippen molar-refractivity contribution in [1.82, 2.24) is 4.90 Å². The largest absolute Gasteiger partial charge is 0.457 e. The van der Waals surface area contributed by atoms with E-state index in [4.69, 9.17) is 4.74 Å². The molecule has 1 amide bonds. The number of nitrogens with zero attached hydrogens (tertiary/aromatic N) is 1. The number of piperidine rings is 1. The molecule has 4 heteroatoms. The van der Waals surface area contributed by atoms with Gasteiger partial charge in [0.05, 0.1) is 0 Å². The number of ether oxygens (including phenoxy) is 1. The Morgan fingerprint density at radius 3 is 2.13 bits per heavy atom. The van der Waals surface area contributed by atoms with Gasteiger partial charge >= 0.3 is 0 Å². The topological polar surface area (TPSA) is 41.6 Å². The SMILES string of the molecule is O=C(CCCN1CCC(c2ccc(Oc3ccccc3)cc2)CC1)Nc1ccccc1Cc1ccccc1. The summed E-state index contributed by atoms with van der Waals surface area (Å²) in [6.07, 6.45) is 4.54. The summed E-state index contributed by atoms with van der Waals surface area (Å²) in [7, 11) is 0. The Bertz CT molecular complexity index is 1280. The molecular weight excluding hydrogens is 468 g/mol. The number of amides is 1. The number of rotatable bonds is 10. The average molecular weight is 505 g/mol. The number of hydrogen-bond acceptors (Lipinski definition) is 3. The first-order chi connectivity index (χ1) is 18.7. The molecule has 0 saturated carbocycles. The molecule has 1 fully saturated rings. The van der Waals surface area contributed by atoms with Crippen molar-refractivity contribution in [1.29, 1.82) is 0 Å². The molecule has 0 radical (unpaired) electrons. The monoisotopic (exact) mass is 504 g/mol. The minimum absolute atomic E-state index is 0.0956. The summed E-state index contributed by atoms with van der Waals surface area (Å²) in [6.45, 7) is 3.12. The number of hydrogen-bond donors (Lipinski definition) is 1. The van der Waals surface area contributed by atoms with Gasteiger partial charge in [-0.3, -0.25) is 4.79 Å². The van der Waals surface area contributed by atoms with Gasteiger partial charge in [0.25, 0.3) is 0 Å². The fourth-order valence-electron chi connectivity index (χ4n) is 5.21. The molecule has 0 atom stereocenters. The first-order valence-corrected chi connectivity index (χ1v) is 13.7. The molecule has 1 N–H and O–H groups in total. The van der Waals surface area contributed by atoms with Gasteiger partial charge in [0.1, 0.15) is 11.5 Å². The van der Waals surface area contributed by atoms with Gasteiger partial charge in [-0.2, -0.15) is 0 Å². The standard InChI is InChI=1S/C34H36N2O2/c37-34(35-33-15-8-7-12-30(33)26-27-10-3-1-4-11-27)16-9-23-36-24-21-29(22-25-36)28-17-19-32(20-18-28)38-31-13-5-2-6-14-31/h1-8,10-15,17-20,29H,9,16,21-26H2,(H,35,37). The van der Waals surface area contributed by atoms with Gasteiger partial charge in [-0.1, -0.05) is 78.9 Å². The number of anilines is 1. The summed E-state index contributed by atoms with van der Waals surface area (Å²) < 4.78 is 5.93. The van der Waals surface area contributed by atoms with E-state index in [1.807, 2.05) is 54.6 Å². The van der Waals surface area contributed by atoms with E-state index in [1.54, 1.807) is 0 Å². The zero-order chi connectivity index (χ0) is 26.0. The van der Waals surface area contributed by atoms with Crippen LogP contribution < -0.4 is 10.1 Å². The first-order valence-electron chi connectivity index (χ1n) is 13.7. The molecule has 0 aromatic heterocycles. The molecule has 0 aliphatic carbocycles. The van der Waals surface area contributed by atoms with Crippen LogP contribution in [0.25, 0.3) is 0 Å². The van der Waals surface area contributed by atoms with Crippen molar-refractivity contribution in [2.45, 2.75) is 38.0 Å². The Kier molecular flexibility index (Phi) is 8.85. The van der Waals surface area contributed by atoms with E-state index < -0.39 is 0 Å². The van der Waals surface area contributed by atoms with Gasteiger partial charge < -0.3 is 15.0 Å². The molecule has 0 unspecified atom stereocenters. The maximum absolute atomic E-state index is 12.7. The molecule has 4 aromatic rings. The second-order valence-electron chi connectivity index (χ2n) is 10.1. The van der Waals surface area contributed by atoms with E-state index in [-0.39, 0.29) is 5.91 Å². The molecule has 5 rings (SSSR count). The van der Waals surface area contributed by atoms with Gasteiger partial charge in [0.15, 0.2) is 0 Å². The van der Waals surface area contributed by atoms with Crippen molar-refractivity contribution in [3.05, 3.63) is 126 Å². The lowest BCUT2D eigenvalue weighted by atomic mass is 9.89. The predicted octanol–water partition coefficient (Wildman–Crippen LogP) is 7.67. The first kappa shape index (κ1) is 25.7. The third-order valence-electron chi connectivity index (χ3n) is 7.33. The second-order valence-corrected chi connectivity index (χ2v) is 10.1. The van der Waals surface area contributed by atoms with Crippen molar-refractivity contribution < 1.29 is 9.53 Å². The van der Waals surface area contributed by atoms with Crippen molar-refractivity contribution >= 4 is 11.6 Å². The molecule has 38 heavy (non-hydrogen) atoms. The smallest absolute Gasteiger partial charge is 0.224 e. The van der Waals surface area contributed by atoms with Crippen LogP contribution in [0.1, 0.15) is 48.3 Å². The molecule has 1 aliphatic heterocycles. The van der Waals surface area contributed by atoms with Crippen LogP contribution in [0, 0.1) is 0 Å². The Hall–Kier alpha value is -3.89. The number of likely N-dealkylation sites (tertiary alicyclic amines) is 1. The van der Waals surface area contributed by atoms with Crippen LogP contribution in [0.5, 0.6) is 11.5 Å². The lowest BCUT2D eigenvalue weighted by molar-refractivity contribution is -0.116. The lowest BCUT2D eigenvalue weighted by Crippen LogP contribution is -2.34. The third-order valence-corrected chi connectivity index (χ3v) is 7.33. The molecule has 1 heterocycles. The minimum atomic E-state index is 0.0956. The fourth-order valence-corrected chi connectivity index (χ4v) is 5.21. The van der Waals surface area contributed by atoms with E-state index in [9.17, 15) is 4.79 Å². The summed E-state index contributed by atoms with van der Waals surface area (Å²) >= 11 is 0. The average Bonchev–Trinajstić information content (AvgIpc) is 2.96. The highest BCUT2D eigenvalue weighted by molar-refractivity contribution is 5.91. The number of para-hydroxylation sites is 2. The summed E-state index contributed by atoms with van der Waals surface area (Å²) in [4.78, 5) is 15.2. The highest BCUT2D eigenvalue weighted by Gasteiger charge is 2.20. The van der Waals surface area contributed by atoms with Gasteiger partial charge in [-0.05, 0) is 98.3 Å². The Morgan fingerprint density at radius 2 is 1.39 bits per heavy atom. The van der Waals surface area contributed by atoms with Crippen LogP contribution >= 0.6 is 0 Å². The zero-order valence-electron chi connectivity index (χ0n) is 21.9. The maximum atomic E-state index is 12.7. The van der Waals surface area contributed by atoms with Crippen molar-refractivity contribution in [3.63, 3.8) is 0 Å². The van der Waals surface area contributed by atoms with Crippen LogP contribution in [0.4, 0.5) is 5.69 Å². The van der Waals surface area contributed by atoms with E-state index >= 15 is 0 Å². The van der Waals surface area contributed by atoms with E-state index in [2.05, 4.69) is 64.8 Å². The number of nitrogens with one attached hydrogen (secondary N) is 1. The fraction of sp³-hybridized carbons (Fsp3) is 0.265. The van der Waals surface area contributed by atoms with Crippen molar-refractivity contribution in [2.24, 2.45) is 0 Å². The second kappa shape index (κ2) is 13.1. The van der Waals surface area contributed by atoms with Crippen LogP contribution in [0.2, 0.25) is 0 Å². The molecule has 4 aromatic carbocycles. The van der Waals surface area contributed by atoms with E-state index in [1.165, 1.54) is 11.1 Å². The van der Waals surface area contributed by atoms with E-state index in [0.29, 0.717) is 12.3 Å². The van der Waals surface area contributed by atoms with Gasteiger partial charge in [0, 0.05) is 12.1 Å². The van der Waals surface area contributed by atoms with Gasteiger partial charge in [-0.15, -0.1) is 0 Å². The summed E-state index contributed by atoms with van der Waals surface area (Å²) in [5.74, 6) is 2.41. The van der Waals surface area contributed by atoms with Gasteiger partial charge in [-0.25, -0.2) is 0 Å². The Balaban J connectivity index is 1.03. The van der Waals surface area contributed by atoms with Crippen LogP contribution in [0.3, 0.4) is 0 Å². The summed E-state index contributed by atoms with van der Waals surface area (Å²) in [5, 5.41) is 3.15. The Morgan fingerprint density at radius 1 is 0.763 bits per heavy atom. The molecule has 194 valence electrons. The van der Waals surface area contributed by atoms with Crippen molar-refractivity contribution in [3.8, 4) is 11.5 Å². The maximum Gasteiger partial charge on any atom is 0.224 e. The highest BCUT2D eigenvalue weighted by atomic mass is 16.5.